The minimum Gasteiger partial charge on any atom is -0.467 e. The van der Waals surface area contributed by atoms with Crippen LogP contribution in [-0.2, 0) is 6.54 Å². The van der Waals surface area contributed by atoms with E-state index in [1.807, 2.05) is 12.1 Å². The molecule has 2 rings (SSSR count). The van der Waals surface area contributed by atoms with E-state index >= 15 is 0 Å². The fourth-order valence-electron chi connectivity index (χ4n) is 1.28. The molecule has 7 nitrogen and oxygen atoms in total. The maximum atomic E-state index is 4.96. The lowest BCUT2D eigenvalue weighted by atomic mass is 10.3. The van der Waals surface area contributed by atoms with Gasteiger partial charge in [0.2, 0.25) is 5.95 Å². The summed E-state index contributed by atoms with van der Waals surface area (Å²) in [4.78, 5) is 16.0. The highest BCUT2D eigenvalue weighted by molar-refractivity contribution is 5.29. The van der Waals surface area contributed by atoms with Crippen LogP contribution >= 0.6 is 0 Å². The molecule has 0 saturated heterocycles. The van der Waals surface area contributed by atoms with E-state index in [1.54, 1.807) is 12.4 Å². The van der Waals surface area contributed by atoms with Gasteiger partial charge >= 0.3 is 12.0 Å². The van der Waals surface area contributed by atoms with Gasteiger partial charge in [0.15, 0.2) is 0 Å². The van der Waals surface area contributed by atoms with Crippen LogP contribution < -0.4 is 14.8 Å². The molecule has 2 aromatic rings. The maximum absolute atomic E-state index is 4.96. The molecule has 0 aliphatic rings. The Hall–Kier alpha value is -2.44. The number of hydrogen-bond acceptors (Lipinski definition) is 7. The van der Waals surface area contributed by atoms with E-state index in [4.69, 9.17) is 9.47 Å². The van der Waals surface area contributed by atoms with Crippen molar-refractivity contribution in [2.75, 3.05) is 19.5 Å². The Labute approximate surface area is 104 Å². The van der Waals surface area contributed by atoms with E-state index in [-0.39, 0.29) is 12.0 Å². The molecule has 94 valence electrons. The number of methoxy groups -OCH3 is 2. The zero-order chi connectivity index (χ0) is 12.8. The number of rotatable bonds is 5. The zero-order valence-corrected chi connectivity index (χ0v) is 10.1. The Balaban J connectivity index is 2.09. The Morgan fingerprint density at radius 3 is 2.17 bits per heavy atom. The molecule has 1 N–H and O–H groups in total. The summed E-state index contributed by atoms with van der Waals surface area (Å²) in [6, 6.07) is 4.23. The fraction of sp³-hybridized carbons (Fsp3) is 0.273. The molecule has 0 unspecified atom stereocenters. The number of nitrogens with one attached hydrogen (secondary N) is 1. The first kappa shape index (κ1) is 12.0. The summed E-state index contributed by atoms with van der Waals surface area (Å²) in [5, 5.41) is 3.06. The van der Waals surface area contributed by atoms with Gasteiger partial charge in [0.05, 0.1) is 14.2 Å². The molecule has 0 aliphatic carbocycles. The average Bonchev–Trinajstić information content (AvgIpc) is 2.45. The smallest absolute Gasteiger partial charge is 0.324 e. The number of hydrogen-bond donors (Lipinski definition) is 1. The lowest BCUT2D eigenvalue weighted by Gasteiger charge is -2.07. The molecule has 0 saturated carbocycles. The van der Waals surface area contributed by atoms with E-state index in [0.717, 1.165) is 5.56 Å². The van der Waals surface area contributed by atoms with Gasteiger partial charge in [0.1, 0.15) is 0 Å². The molecule has 18 heavy (non-hydrogen) atoms. The molecule has 0 aromatic carbocycles. The molecular weight excluding hydrogens is 234 g/mol. The third-order valence-corrected chi connectivity index (χ3v) is 2.16. The lowest BCUT2D eigenvalue weighted by Crippen LogP contribution is -2.07. The van der Waals surface area contributed by atoms with Crippen LogP contribution in [0.2, 0.25) is 0 Å². The van der Waals surface area contributed by atoms with Gasteiger partial charge in [0, 0.05) is 18.9 Å². The molecule has 0 aliphatic heterocycles. The third kappa shape index (κ3) is 3.03. The third-order valence-electron chi connectivity index (χ3n) is 2.16. The van der Waals surface area contributed by atoms with Gasteiger partial charge in [-0.15, -0.1) is 4.98 Å². The summed E-state index contributed by atoms with van der Waals surface area (Å²) < 4.78 is 9.91. The molecule has 0 spiro atoms. The van der Waals surface area contributed by atoms with E-state index in [1.165, 1.54) is 14.2 Å². The SMILES string of the molecule is COc1nc(NCc2ccncc2)nc(OC)n1. The number of nitrogens with zero attached hydrogens (tertiary/aromatic N) is 4. The second-order valence-corrected chi connectivity index (χ2v) is 3.34. The average molecular weight is 247 g/mol. The van der Waals surface area contributed by atoms with Gasteiger partial charge in [-0.1, -0.05) is 0 Å². The fourth-order valence-corrected chi connectivity index (χ4v) is 1.28. The van der Waals surface area contributed by atoms with Crippen LogP contribution in [-0.4, -0.2) is 34.2 Å². The summed E-state index contributed by atoms with van der Waals surface area (Å²) in [5.41, 5.74) is 1.07. The highest BCUT2D eigenvalue weighted by Gasteiger charge is 2.06. The molecule has 0 bridgehead atoms. The second-order valence-electron chi connectivity index (χ2n) is 3.34. The van der Waals surface area contributed by atoms with Crippen LogP contribution in [0.3, 0.4) is 0 Å². The van der Waals surface area contributed by atoms with Crippen molar-refractivity contribution >= 4 is 5.95 Å². The van der Waals surface area contributed by atoms with Crippen LogP contribution in [0.5, 0.6) is 12.0 Å². The van der Waals surface area contributed by atoms with Gasteiger partial charge in [-0.25, -0.2) is 0 Å². The Morgan fingerprint density at radius 2 is 1.61 bits per heavy atom. The molecule has 2 aromatic heterocycles. The summed E-state index contributed by atoms with van der Waals surface area (Å²) in [5.74, 6) is 0.399. The van der Waals surface area contributed by atoms with E-state index in [0.29, 0.717) is 12.5 Å². The normalized spacial score (nSPS) is 9.89. The van der Waals surface area contributed by atoms with Crippen molar-refractivity contribution in [1.29, 1.82) is 0 Å². The van der Waals surface area contributed by atoms with Crippen LogP contribution in [0.25, 0.3) is 0 Å². The van der Waals surface area contributed by atoms with Crippen LogP contribution in [0, 0.1) is 0 Å². The summed E-state index contributed by atoms with van der Waals surface area (Å²) in [6.07, 6.45) is 3.46. The van der Waals surface area contributed by atoms with Crippen LogP contribution in [0.1, 0.15) is 5.56 Å². The minimum absolute atomic E-state index is 0.207. The molecule has 7 heteroatoms. The standard InChI is InChI=1S/C11H13N5O2/c1-17-10-14-9(15-11(16-10)18-2)13-7-8-3-5-12-6-4-8/h3-6H,7H2,1-2H3,(H,13,14,15,16). The van der Waals surface area contributed by atoms with Gasteiger partial charge in [-0.2, -0.15) is 9.97 Å². The van der Waals surface area contributed by atoms with E-state index in [9.17, 15) is 0 Å². The first-order chi connectivity index (χ1) is 8.81. The Morgan fingerprint density at radius 1 is 1.00 bits per heavy atom. The maximum Gasteiger partial charge on any atom is 0.324 e. The number of ether oxygens (including phenoxy) is 2. The molecule has 0 fully saturated rings. The van der Waals surface area contributed by atoms with Crippen molar-refractivity contribution < 1.29 is 9.47 Å². The largest absolute Gasteiger partial charge is 0.467 e. The van der Waals surface area contributed by atoms with Gasteiger partial charge < -0.3 is 14.8 Å². The predicted octanol–water partition coefficient (Wildman–Crippen LogP) is 0.896. The van der Waals surface area contributed by atoms with Gasteiger partial charge in [0.25, 0.3) is 0 Å². The summed E-state index contributed by atoms with van der Waals surface area (Å²) >= 11 is 0. The molecular formula is C11H13N5O2. The molecule has 0 radical (unpaired) electrons. The predicted molar refractivity (Wildman–Crippen MR) is 64.5 cm³/mol. The highest BCUT2D eigenvalue weighted by atomic mass is 16.5. The van der Waals surface area contributed by atoms with Crippen molar-refractivity contribution in [2.45, 2.75) is 6.54 Å². The second kappa shape index (κ2) is 5.76. The first-order valence-electron chi connectivity index (χ1n) is 5.28. The minimum atomic E-state index is 0.207. The number of pyridine rings is 1. The van der Waals surface area contributed by atoms with Crippen molar-refractivity contribution in [3.63, 3.8) is 0 Å². The Kier molecular flexibility index (Phi) is 3.85. The zero-order valence-electron chi connectivity index (χ0n) is 10.1. The highest BCUT2D eigenvalue weighted by Crippen LogP contribution is 2.12. The van der Waals surface area contributed by atoms with Crippen LogP contribution in [0.4, 0.5) is 5.95 Å². The van der Waals surface area contributed by atoms with Gasteiger partial charge in [-0.05, 0) is 17.7 Å². The lowest BCUT2D eigenvalue weighted by molar-refractivity contribution is 0.341. The van der Waals surface area contributed by atoms with Crippen molar-refractivity contribution in [3.8, 4) is 12.0 Å². The van der Waals surface area contributed by atoms with Crippen LogP contribution in [0.15, 0.2) is 24.5 Å². The van der Waals surface area contributed by atoms with Crippen molar-refractivity contribution in [3.05, 3.63) is 30.1 Å². The monoisotopic (exact) mass is 247 g/mol. The van der Waals surface area contributed by atoms with Crippen molar-refractivity contribution in [2.24, 2.45) is 0 Å². The number of anilines is 1. The first-order valence-corrected chi connectivity index (χ1v) is 5.28. The molecule has 2 heterocycles. The molecule has 0 amide bonds. The summed E-state index contributed by atoms with van der Waals surface area (Å²) in [6.45, 7) is 0.582. The molecule has 0 atom stereocenters. The Bertz CT molecular complexity index is 484. The quantitative estimate of drug-likeness (QED) is 0.840. The summed E-state index contributed by atoms with van der Waals surface area (Å²) in [7, 11) is 2.98. The van der Waals surface area contributed by atoms with Crippen molar-refractivity contribution in [1.82, 2.24) is 19.9 Å². The number of aromatic nitrogens is 4. The van der Waals surface area contributed by atoms with E-state index < -0.39 is 0 Å². The van der Waals surface area contributed by atoms with E-state index in [2.05, 4.69) is 25.3 Å². The topological polar surface area (TPSA) is 82.0 Å². The van der Waals surface area contributed by atoms with Gasteiger partial charge in [-0.3, -0.25) is 4.98 Å².